The van der Waals surface area contributed by atoms with Crippen LogP contribution in [0.15, 0.2) is 152 Å². The van der Waals surface area contributed by atoms with Gasteiger partial charge in [0.05, 0.1) is 0 Å². The fraction of sp³-hybridized carbons (Fsp3) is 0.250. The molecule has 0 bridgehead atoms. The molecule has 284 valence electrons. The largest absolute Gasteiger partial charge is 0.310 e. The lowest BCUT2D eigenvalue weighted by Crippen LogP contribution is -2.24. The highest BCUT2D eigenvalue weighted by Gasteiger charge is 2.42. The molecule has 0 N–H and O–H groups in total. The van der Waals surface area contributed by atoms with Gasteiger partial charge in [-0.3, -0.25) is 0 Å². The number of rotatable bonds is 5. The number of hydrogen-bond acceptors (Lipinski definition) is 1. The van der Waals surface area contributed by atoms with Gasteiger partial charge in [0.25, 0.3) is 0 Å². The summed E-state index contributed by atoms with van der Waals surface area (Å²) in [5.74, 6) is 0. The lowest BCUT2D eigenvalue weighted by Gasteiger charge is -2.32. The van der Waals surface area contributed by atoms with Gasteiger partial charge in [0.2, 0.25) is 0 Å². The fourth-order valence-electron chi connectivity index (χ4n) is 9.80. The zero-order chi connectivity index (χ0) is 40.1. The van der Waals surface area contributed by atoms with Crippen LogP contribution in [0.1, 0.15) is 103 Å². The molecule has 0 aliphatic heterocycles. The molecule has 0 radical (unpaired) electrons. The Morgan fingerprint density at radius 1 is 0.386 bits per heavy atom. The minimum Gasteiger partial charge on any atom is -0.310 e. The van der Waals surface area contributed by atoms with E-state index in [1.807, 2.05) is 0 Å². The first-order valence-corrected chi connectivity index (χ1v) is 20.7. The zero-order valence-electron chi connectivity index (χ0n) is 35.4. The quantitative estimate of drug-likeness (QED) is 0.170. The van der Waals surface area contributed by atoms with Gasteiger partial charge in [0, 0.05) is 27.9 Å². The molecule has 9 rings (SSSR count). The van der Waals surface area contributed by atoms with E-state index in [9.17, 15) is 0 Å². The van der Waals surface area contributed by atoms with E-state index >= 15 is 0 Å². The molecule has 57 heavy (non-hydrogen) atoms. The maximum Gasteiger partial charge on any atom is 0.0467 e. The molecule has 0 aromatic heterocycles. The highest BCUT2D eigenvalue weighted by molar-refractivity contribution is 5.95. The highest BCUT2D eigenvalue weighted by atomic mass is 15.1. The van der Waals surface area contributed by atoms with Crippen molar-refractivity contribution in [2.24, 2.45) is 0 Å². The van der Waals surface area contributed by atoms with Crippen molar-refractivity contribution in [2.75, 3.05) is 4.90 Å². The summed E-state index contributed by atoms with van der Waals surface area (Å²) < 4.78 is 0. The number of hydrogen-bond donors (Lipinski definition) is 0. The highest BCUT2D eigenvalue weighted by Crippen LogP contribution is 2.56. The Hall–Kier alpha value is -5.66. The molecule has 2 aliphatic carbocycles. The molecule has 0 atom stereocenters. The summed E-state index contributed by atoms with van der Waals surface area (Å²) in [5.41, 5.74) is 22.1. The Bertz CT molecular complexity index is 2680. The molecule has 0 unspecified atom stereocenters. The molecule has 1 heteroatoms. The molecule has 1 nitrogen and oxygen atoms in total. The minimum absolute atomic E-state index is 0.00704. The summed E-state index contributed by atoms with van der Waals surface area (Å²) in [6.45, 7) is 23.7. The Kier molecular flexibility index (Phi) is 8.38. The van der Waals surface area contributed by atoms with Gasteiger partial charge in [0.15, 0.2) is 0 Å². The molecular weight excluding hydrogens is 687 g/mol. The molecule has 0 saturated carbocycles. The van der Waals surface area contributed by atoms with Crippen LogP contribution in [-0.2, 0) is 21.7 Å². The molecular formula is C56H55N. The average Bonchev–Trinajstić information content (AvgIpc) is 3.57. The predicted molar refractivity (Wildman–Crippen MR) is 245 cm³/mol. The lowest BCUT2D eigenvalue weighted by atomic mass is 9.71. The molecule has 7 aromatic rings. The molecule has 2 aliphatic rings. The summed E-state index contributed by atoms with van der Waals surface area (Å²) in [5, 5.41) is 0. The molecule has 0 amide bonds. The Labute approximate surface area is 341 Å². The van der Waals surface area contributed by atoms with E-state index < -0.39 is 0 Å². The van der Waals surface area contributed by atoms with Crippen molar-refractivity contribution in [1.82, 2.24) is 0 Å². The standard InChI is InChI=1S/C56H55N/c1-53(2,3)39-33-46-51-43(23-17-25-48(51)56(9,10)52(46)50(34-39)54(4,5)6)38-20-16-21-41(32-38)57(40-28-26-37(27-29-40)36-18-12-11-13-19-36)42-30-31-45-44-22-14-15-24-47(44)55(7,8)49(45)35-42/h11-35H,1-10H3. The summed E-state index contributed by atoms with van der Waals surface area (Å²) >= 11 is 0. The molecule has 0 spiro atoms. The number of nitrogens with zero attached hydrogens (tertiary/aromatic N) is 1. The van der Waals surface area contributed by atoms with Gasteiger partial charge in [-0.2, -0.15) is 0 Å². The van der Waals surface area contributed by atoms with Crippen LogP contribution in [0.25, 0.3) is 44.5 Å². The van der Waals surface area contributed by atoms with E-state index in [1.54, 1.807) is 0 Å². The monoisotopic (exact) mass is 741 g/mol. The Balaban J connectivity index is 1.23. The van der Waals surface area contributed by atoms with Crippen LogP contribution in [-0.4, -0.2) is 0 Å². The first-order valence-electron chi connectivity index (χ1n) is 20.7. The summed E-state index contributed by atoms with van der Waals surface area (Å²) in [6.07, 6.45) is 0. The van der Waals surface area contributed by atoms with Crippen LogP contribution in [0.5, 0.6) is 0 Å². The number of benzene rings is 7. The topological polar surface area (TPSA) is 3.24 Å². The number of anilines is 3. The number of fused-ring (bicyclic) bond motifs is 6. The summed E-state index contributed by atoms with van der Waals surface area (Å²) in [4.78, 5) is 2.45. The third-order valence-corrected chi connectivity index (χ3v) is 12.9. The van der Waals surface area contributed by atoms with Crippen molar-refractivity contribution in [2.45, 2.75) is 90.9 Å². The van der Waals surface area contributed by atoms with Gasteiger partial charge in [-0.25, -0.2) is 0 Å². The maximum absolute atomic E-state index is 2.51. The first-order chi connectivity index (χ1) is 27.0. The van der Waals surface area contributed by atoms with E-state index in [4.69, 9.17) is 0 Å². The lowest BCUT2D eigenvalue weighted by molar-refractivity contribution is 0.545. The first kappa shape index (κ1) is 36.9. The second kappa shape index (κ2) is 12.9. The van der Waals surface area contributed by atoms with Gasteiger partial charge in [-0.05, 0) is 125 Å². The second-order valence-electron chi connectivity index (χ2n) is 19.5. The SMILES string of the molecule is CC(C)(C)c1cc2c(c(C(C)(C)C)c1)C(C)(C)c1cccc(-c3cccc(N(c4ccc(-c5ccccc5)cc4)c4ccc5c(c4)C(C)(C)c4ccccc4-5)c3)c1-2. The van der Waals surface area contributed by atoms with Crippen molar-refractivity contribution in [3.63, 3.8) is 0 Å². The third kappa shape index (κ3) is 5.97. The molecule has 0 saturated heterocycles. The Morgan fingerprint density at radius 3 is 1.68 bits per heavy atom. The van der Waals surface area contributed by atoms with Crippen molar-refractivity contribution in [3.8, 4) is 44.5 Å². The van der Waals surface area contributed by atoms with Gasteiger partial charge in [0.1, 0.15) is 0 Å². The van der Waals surface area contributed by atoms with Crippen molar-refractivity contribution in [1.29, 1.82) is 0 Å². The van der Waals surface area contributed by atoms with Gasteiger partial charge < -0.3 is 4.90 Å². The summed E-state index contributed by atoms with van der Waals surface area (Å²) in [6, 6.07) is 57.0. The van der Waals surface area contributed by atoms with Gasteiger partial charge in [-0.15, -0.1) is 0 Å². The van der Waals surface area contributed by atoms with Crippen molar-refractivity contribution in [3.05, 3.63) is 185 Å². The van der Waals surface area contributed by atoms with Crippen LogP contribution in [0.2, 0.25) is 0 Å². The normalized spacial score (nSPS) is 14.8. The Morgan fingerprint density at radius 2 is 0.965 bits per heavy atom. The fourth-order valence-corrected chi connectivity index (χ4v) is 9.80. The zero-order valence-corrected chi connectivity index (χ0v) is 35.4. The van der Waals surface area contributed by atoms with E-state index in [-0.39, 0.29) is 21.7 Å². The van der Waals surface area contributed by atoms with Crippen LogP contribution >= 0.6 is 0 Å². The van der Waals surface area contributed by atoms with Crippen molar-refractivity contribution >= 4 is 17.1 Å². The van der Waals surface area contributed by atoms with Crippen LogP contribution in [0, 0.1) is 0 Å². The van der Waals surface area contributed by atoms with E-state index in [0.29, 0.717) is 0 Å². The van der Waals surface area contributed by atoms with E-state index in [2.05, 4.69) is 226 Å². The molecule has 0 fully saturated rings. The maximum atomic E-state index is 2.51. The predicted octanol–water partition coefficient (Wildman–Crippen LogP) is 15.7. The second-order valence-corrected chi connectivity index (χ2v) is 19.5. The van der Waals surface area contributed by atoms with Crippen molar-refractivity contribution < 1.29 is 0 Å². The van der Waals surface area contributed by atoms with E-state index in [1.165, 1.54) is 77.9 Å². The smallest absolute Gasteiger partial charge is 0.0467 e. The summed E-state index contributed by atoms with van der Waals surface area (Å²) in [7, 11) is 0. The van der Waals surface area contributed by atoms with Crippen LogP contribution in [0.3, 0.4) is 0 Å². The van der Waals surface area contributed by atoms with Gasteiger partial charge >= 0.3 is 0 Å². The average molecular weight is 742 g/mol. The van der Waals surface area contributed by atoms with E-state index in [0.717, 1.165) is 17.1 Å². The molecule has 7 aromatic carbocycles. The minimum atomic E-state index is -0.126. The van der Waals surface area contributed by atoms with Gasteiger partial charge in [-0.1, -0.05) is 184 Å². The molecule has 0 heterocycles. The van der Waals surface area contributed by atoms with Crippen LogP contribution < -0.4 is 4.90 Å². The third-order valence-electron chi connectivity index (χ3n) is 12.9. The van der Waals surface area contributed by atoms with Crippen LogP contribution in [0.4, 0.5) is 17.1 Å².